The number of rotatable bonds is 2. The van der Waals surface area contributed by atoms with Crippen LogP contribution in [0, 0.1) is 5.92 Å². The van der Waals surface area contributed by atoms with E-state index in [1.165, 1.54) is 0 Å². The average molecular weight is 195 g/mol. The Morgan fingerprint density at radius 3 is 3.29 bits per heavy atom. The highest BCUT2D eigenvalue weighted by Gasteiger charge is 2.30. The van der Waals surface area contributed by atoms with Gasteiger partial charge in [-0.2, -0.15) is 0 Å². The van der Waals surface area contributed by atoms with Gasteiger partial charge in [0.05, 0.1) is 12.2 Å². The first kappa shape index (κ1) is 9.27. The van der Waals surface area contributed by atoms with Crippen molar-refractivity contribution in [2.75, 3.05) is 6.54 Å². The van der Waals surface area contributed by atoms with E-state index in [0.29, 0.717) is 0 Å². The Hall–Kier alpha value is -1.29. The van der Waals surface area contributed by atoms with Gasteiger partial charge in [0.2, 0.25) is 0 Å². The lowest BCUT2D eigenvalue weighted by molar-refractivity contribution is -0.142. The van der Waals surface area contributed by atoms with E-state index in [4.69, 9.17) is 9.52 Å². The van der Waals surface area contributed by atoms with Crippen LogP contribution in [-0.4, -0.2) is 17.6 Å². The van der Waals surface area contributed by atoms with Gasteiger partial charge in [0.15, 0.2) is 0 Å². The van der Waals surface area contributed by atoms with E-state index < -0.39 is 11.9 Å². The van der Waals surface area contributed by atoms with Gasteiger partial charge in [0.25, 0.3) is 0 Å². The summed E-state index contributed by atoms with van der Waals surface area (Å²) in [7, 11) is 0. The third-order valence-corrected chi connectivity index (χ3v) is 2.72. The van der Waals surface area contributed by atoms with Crippen LogP contribution in [0.3, 0.4) is 0 Å². The fraction of sp³-hybridized carbons (Fsp3) is 0.500. The maximum atomic E-state index is 10.9. The molecular formula is C10H13NO3. The van der Waals surface area contributed by atoms with E-state index in [0.717, 1.165) is 24.3 Å². The first-order chi connectivity index (χ1) is 6.70. The fourth-order valence-electron chi connectivity index (χ4n) is 1.87. The summed E-state index contributed by atoms with van der Waals surface area (Å²) in [6, 6.07) is 1.74. The monoisotopic (exact) mass is 195 g/mol. The van der Waals surface area contributed by atoms with Crippen LogP contribution in [0.5, 0.6) is 0 Å². The number of aliphatic carboxylic acids is 1. The molecule has 2 N–H and O–H groups in total. The molecule has 2 atom stereocenters. The normalized spacial score (nSPS) is 22.8. The summed E-state index contributed by atoms with van der Waals surface area (Å²) in [5.41, 5.74) is 0.992. The van der Waals surface area contributed by atoms with E-state index in [1.807, 2.05) is 6.07 Å². The molecule has 0 radical (unpaired) electrons. The number of carboxylic acid groups (broad SMARTS) is 1. The standard InChI is InChI=1S/C10H13NO3/c1-6(10(12)13)9-7-3-5-14-8(7)2-4-11-9/h3,5-6,9,11H,2,4H2,1H3,(H,12,13). The Kier molecular flexibility index (Phi) is 2.29. The molecule has 2 unspecified atom stereocenters. The third-order valence-electron chi connectivity index (χ3n) is 2.72. The summed E-state index contributed by atoms with van der Waals surface area (Å²) in [5, 5.41) is 12.1. The van der Waals surface area contributed by atoms with E-state index >= 15 is 0 Å². The zero-order valence-electron chi connectivity index (χ0n) is 7.99. The molecule has 1 aliphatic rings. The number of carbonyl (C=O) groups is 1. The van der Waals surface area contributed by atoms with Crippen molar-refractivity contribution in [2.24, 2.45) is 5.92 Å². The lowest BCUT2D eigenvalue weighted by Crippen LogP contribution is -2.36. The Labute approximate surface area is 81.9 Å². The molecule has 4 heteroatoms. The highest BCUT2D eigenvalue weighted by Crippen LogP contribution is 2.29. The van der Waals surface area contributed by atoms with Gasteiger partial charge in [-0.1, -0.05) is 6.92 Å². The second kappa shape index (κ2) is 3.46. The van der Waals surface area contributed by atoms with Crippen LogP contribution in [0.1, 0.15) is 24.3 Å². The molecule has 2 rings (SSSR count). The number of furan rings is 1. The predicted octanol–water partition coefficient (Wildman–Crippen LogP) is 1.19. The Morgan fingerprint density at radius 1 is 1.79 bits per heavy atom. The van der Waals surface area contributed by atoms with Gasteiger partial charge >= 0.3 is 5.97 Å². The molecule has 0 aliphatic carbocycles. The van der Waals surface area contributed by atoms with E-state index in [2.05, 4.69) is 5.32 Å². The van der Waals surface area contributed by atoms with Crippen molar-refractivity contribution in [2.45, 2.75) is 19.4 Å². The Bertz CT molecular complexity index is 345. The maximum Gasteiger partial charge on any atom is 0.308 e. The lowest BCUT2D eigenvalue weighted by Gasteiger charge is -2.26. The summed E-state index contributed by atoms with van der Waals surface area (Å²) in [5.74, 6) is -0.287. The van der Waals surface area contributed by atoms with Crippen molar-refractivity contribution >= 4 is 5.97 Å². The first-order valence-corrected chi connectivity index (χ1v) is 4.72. The van der Waals surface area contributed by atoms with Crippen LogP contribution in [0.2, 0.25) is 0 Å². The summed E-state index contributed by atoms with van der Waals surface area (Å²) in [4.78, 5) is 10.9. The highest BCUT2D eigenvalue weighted by molar-refractivity contribution is 5.71. The van der Waals surface area contributed by atoms with Crippen LogP contribution in [-0.2, 0) is 11.2 Å². The molecular weight excluding hydrogens is 182 g/mol. The average Bonchev–Trinajstić information content (AvgIpc) is 2.63. The minimum absolute atomic E-state index is 0.116. The molecule has 1 aromatic heterocycles. The number of hydrogen-bond donors (Lipinski definition) is 2. The van der Waals surface area contributed by atoms with Gasteiger partial charge in [0, 0.05) is 24.6 Å². The summed E-state index contributed by atoms with van der Waals surface area (Å²) in [6.07, 6.45) is 2.46. The minimum atomic E-state index is -0.781. The van der Waals surface area contributed by atoms with E-state index in [1.54, 1.807) is 13.2 Å². The quantitative estimate of drug-likeness (QED) is 0.744. The molecule has 0 spiro atoms. The van der Waals surface area contributed by atoms with Crippen molar-refractivity contribution in [3.63, 3.8) is 0 Å². The van der Waals surface area contributed by atoms with Gasteiger partial charge in [-0.3, -0.25) is 4.79 Å². The van der Waals surface area contributed by atoms with Crippen molar-refractivity contribution in [3.05, 3.63) is 23.7 Å². The van der Waals surface area contributed by atoms with Crippen LogP contribution in [0.15, 0.2) is 16.7 Å². The molecule has 0 saturated carbocycles. The molecule has 0 aromatic carbocycles. The first-order valence-electron chi connectivity index (χ1n) is 4.72. The lowest BCUT2D eigenvalue weighted by atomic mass is 9.91. The molecule has 0 fully saturated rings. The molecule has 0 saturated heterocycles. The maximum absolute atomic E-state index is 10.9. The highest BCUT2D eigenvalue weighted by atomic mass is 16.4. The van der Waals surface area contributed by atoms with Crippen molar-refractivity contribution in [3.8, 4) is 0 Å². The van der Waals surface area contributed by atoms with Crippen LogP contribution >= 0.6 is 0 Å². The van der Waals surface area contributed by atoms with Gasteiger partial charge in [0.1, 0.15) is 5.76 Å². The van der Waals surface area contributed by atoms with E-state index in [-0.39, 0.29) is 6.04 Å². The SMILES string of the molecule is CC(C(=O)O)C1NCCc2occc21. The topological polar surface area (TPSA) is 62.5 Å². The van der Waals surface area contributed by atoms with Gasteiger partial charge < -0.3 is 14.8 Å². The predicted molar refractivity (Wildman–Crippen MR) is 50.0 cm³/mol. The zero-order valence-corrected chi connectivity index (χ0v) is 7.99. The molecule has 14 heavy (non-hydrogen) atoms. The van der Waals surface area contributed by atoms with Crippen LogP contribution in [0.4, 0.5) is 0 Å². The Balaban J connectivity index is 2.28. The molecule has 0 amide bonds. The largest absolute Gasteiger partial charge is 0.481 e. The molecule has 2 heterocycles. The third kappa shape index (κ3) is 1.42. The second-order valence-electron chi connectivity index (χ2n) is 3.61. The van der Waals surface area contributed by atoms with Crippen molar-refractivity contribution < 1.29 is 14.3 Å². The molecule has 4 nitrogen and oxygen atoms in total. The minimum Gasteiger partial charge on any atom is -0.481 e. The van der Waals surface area contributed by atoms with Crippen LogP contribution in [0.25, 0.3) is 0 Å². The van der Waals surface area contributed by atoms with Crippen molar-refractivity contribution in [1.82, 2.24) is 5.32 Å². The number of carboxylic acids is 1. The van der Waals surface area contributed by atoms with Gasteiger partial charge in [-0.05, 0) is 6.07 Å². The van der Waals surface area contributed by atoms with Gasteiger partial charge in [-0.25, -0.2) is 0 Å². The smallest absolute Gasteiger partial charge is 0.308 e. The molecule has 1 aromatic rings. The number of hydrogen-bond acceptors (Lipinski definition) is 3. The van der Waals surface area contributed by atoms with Gasteiger partial charge in [-0.15, -0.1) is 0 Å². The zero-order chi connectivity index (χ0) is 10.1. The second-order valence-corrected chi connectivity index (χ2v) is 3.61. The van der Waals surface area contributed by atoms with Crippen molar-refractivity contribution in [1.29, 1.82) is 0 Å². The molecule has 1 aliphatic heterocycles. The van der Waals surface area contributed by atoms with E-state index in [9.17, 15) is 4.79 Å². The molecule has 0 bridgehead atoms. The summed E-state index contributed by atoms with van der Waals surface area (Å²) >= 11 is 0. The number of fused-ring (bicyclic) bond motifs is 1. The Morgan fingerprint density at radius 2 is 2.57 bits per heavy atom. The molecule has 76 valence electrons. The van der Waals surface area contributed by atoms with Crippen LogP contribution < -0.4 is 5.32 Å². The fourth-order valence-corrected chi connectivity index (χ4v) is 1.87. The summed E-state index contributed by atoms with van der Waals surface area (Å²) < 4.78 is 5.28. The summed E-state index contributed by atoms with van der Waals surface area (Å²) in [6.45, 7) is 2.49. The number of nitrogens with one attached hydrogen (secondary N) is 1.